The highest BCUT2D eigenvalue weighted by Gasteiger charge is 2.32. The van der Waals surface area contributed by atoms with Crippen LogP contribution in [0.2, 0.25) is 0 Å². The van der Waals surface area contributed by atoms with Crippen LogP contribution >= 0.6 is 0 Å². The minimum atomic E-state index is -0.240. The molecular weight excluding hydrogens is 184 g/mol. The summed E-state index contributed by atoms with van der Waals surface area (Å²) in [6.45, 7) is 2.86. The minimum absolute atomic E-state index is 0.0353. The standard InChI is InChI=1S/C8H15N4O2/c1-3-14-8(13)7-4-6(5-10-7)11-12-9-2/h6-7,10H,3-5H2,1-2H3/q+1. The van der Waals surface area contributed by atoms with E-state index in [1.807, 2.05) is 0 Å². The van der Waals surface area contributed by atoms with Crippen molar-refractivity contribution in [2.75, 3.05) is 20.2 Å². The highest BCUT2D eigenvalue weighted by atomic mass is 16.5. The predicted molar refractivity (Wildman–Crippen MR) is 49.7 cm³/mol. The van der Waals surface area contributed by atoms with Crippen LogP contribution in [0.25, 0.3) is 0 Å². The molecule has 2 unspecified atom stereocenters. The zero-order valence-corrected chi connectivity index (χ0v) is 8.43. The molecule has 6 heteroatoms. The first-order valence-corrected chi connectivity index (χ1v) is 4.67. The van der Waals surface area contributed by atoms with Crippen molar-refractivity contribution in [3.8, 4) is 0 Å². The van der Waals surface area contributed by atoms with E-state index in [4.69, 9.17) is 4.74 Å². The van der Waals surface area contributed by atoms with Gasteiger partial charge in [-0.25, -0.2) is 0 Å². The van der Waals surface area contributed by atoms with Crippen molar-refractivity contribution in [2.45, 2.75) is 25.4 Å². The maximum Gasteiger partial charge on any atom is 0.323 e. The lowest BCUT2D eigenvalue weighted by Gasteiger charge is -2.07. The highest BCUT2D eigenvalue weighted by molar-refractivity contribution is 5.76. The zero-order valence-electron chi connectivity index (χ0n) is 8.43. The molecule has 1 aliphatic heterocycles. The van der Waals surface area contributed by atoms with Crippen LogP contribution in [-0.2, 0) is 9.53 Å². The van der Waals surface area contributed by atoms with Crippen LogP contribution in [0.1, 0.15) is 13.3 Å². The van der Waals surface area contributed by atoms with Crippen molar-refractivity contribution < 1.29 is 9.53 Å². The fourth-order valence-electron chi connectivity index (χ4n) is 1.35. The van der Waals surface area contributed by atoms with Gasteiger partial charge in [0.25, 0.3) is 0 Å². The number of carbonyl (C=O) groups is 1. The summed E-state index contributed by atoms with van der Waals surface area (Å²) in [6.07, 6.45) is 0.637. The summed E-state index contributed by atoms with van der Waals surface area (Å²) in [5.41, 5.74) is 0. The van der Waals surface area contributed by atoms with Crippen LogP contribution in [0.3, 0.4) is 0 Å². The SMILES string of the molecule is CCOC(=O)C1CC(N=[N+]=NC)CN1. The van der Waals surface area contributed by atoms with E-state index >= 15 is 0 Å². The number of ether oxygens (including phenoxy) is 1. The molecule has 0 amide bonds. The molecule has 78 valence electrons. The van der Waals surface area contributed by atoms with Crippen LogP contribution in [0.4, 0.5) is 0 Å². The van der Waals surface area contributed by atoms with Gasteiger partial charge >= 0.3 is 5.97 Å². The number of rotatable bonds is 3. The molecule has 0 radical (unpaired) electrons. The minimum Gasteiger partial charge on any atom is -0.465 e. The van der Waals surface area contributed by atoms with Gasteiger partial charge in [0.2, 0.25) is 4.91 Å². The number of hydrogen-bond acceptors (Lipinski definition) is 5. The van der Waals surface area contributed by atoms with Crippen LogP contribution in [0, 0.1) is 0 Å². The molecule has 0 spiro atoms. The second kappa shape index (κ2) is 5.47. The number of carbonyl (C=O) groups excluding carboxylic acids is 1. The van der Waals surface area contributed by atoms with Gasteiger partial charge in [-0.1, -0.05) is 0 Å². The Kier molecular flexibility index (Phi) is 4.22. The first-order valence-electron chi connectivity index (χ1n) is 4.67. The van der Waals surface area contributed by atoms with Gasteiger partial charge in [-0.15, -0.1) is 0 Å². The fraction of sp³-hybridized carbons (Fsp3) is 0.875. The average Bonchev–Trinajstić information content (AvgIpc) is 2.63. The number of esters is 1. The Morgan fingerprint density at radius 2 is 2.50 bits per heavy atom. The van der Waals surface area contributed by atoms with Gasteiger partial charge in [-0.2, -0.15) is 0 Å². The van der Waals surface area contributed by atoms with Crippen LogP contribution in [0.15, 0.2) is 10.2 Å². The van der Waals surface area contributed by atoms with Gasteiger partial charge in [0, 0.05) is 13.0 Å². The number of nitrogens with zero attached hydrogens (tertiary/aromatic N) is 3. The molecule has 1 N–H and O–H groups in total. The van der Waals surface area contributed by atoms with Crippen molar-refractivity contribution >= 4 is 5.97 Å². The summed E-state index contributed by atoms with van der Waals surface area (Å²) in [5, 5.41) is 10.5. The van der Waals surface area contributed by atoms with Crippen molar-refractivity contribution in [3.05, 3.63) is 0 Å². The van der Waals surface area contributed by atoms with E-state index in [2.05, 4.69) is 20.5 Å². The Bertz CT molecular complexity index is 260. The third kappa shape index (κ3) is 2.90. The summed E-state index contributed by atoms with van der Waals surface area (Å²) in [4.78, 5) is 14.8. The largest absolute Gasteiger partial charge is 0.465 e. The van der Waals surface area contributed by atoms with E-state index in [0.29, 0.717) is 19.6 Å². The first kappa shape index (κ1) is 10.8. The smallest absolute Gasteiger partial charge is 0.323 e. The first-order chi connectivity index (χ1) is 6.77. The molecule has 2 atom stereocenters. The normalized spacial score (nSPS) is 25.3. The molecule has 1 aliphatic rings. The molecule has 0 saturated carbocycles. The molecular formula is C8H15N4O2+. The molecule has 1 rings (SSSR count). The molecule has 0 aromatic rings. The van der Waals surface area contributed by atoms with Gasteiger partial charge in [-0.05, 0) is 6.92 Å². The molecule has 1 saturated heterocycles. The maximum atomic E-state index is 11.3. The molecule has 0 bridgehead atoms. The van der Waals surface area contributed by atoms with Gasteiger partial charge in [0.05, 0.1) is 6.61 Å². The Balaban J connectivity index is 2.41. The second-order valence-electron chi connectivity index (χ2n) is 3.01. The van der Waals surface area contributed by atoms with Crippen LogP contribution in [-0.4, -0.2) is 38.3 Å². The highest BCUT2D eigenvalue weighted by Crippen LogP contribution is 2.10. The third-order valence-electron chi connectivity index (χ3n) is 1.98. The van der Waals surface area contributed by atoms with E-state index in [-0.39, 0.29) is 18.1 Å². The molecule has 1 fully saturated rings. The lowest BCUT2D eigenvalue weighted by molar-refractivity contribution is -0.145. The summed E-state index contributed by atoms with van der Waals surface area (Å²) in [5.74, 6) is -0.210. The Labute approximate surface area is 82.5 Å². The summed E-state index contributed by atoms with van der Waals surface area (Å²) < 4.78 is 4.88. The fourth-order valence-corrected chi connectivity index (χ4v) is 1.35. The van der Waals surface area contributed by atoms with Gasteiger partial charge in [0.1, 0.15) is 29.4 Å². The lowest BCUT2D eigenvalue weighted by atomic mass is 10.2. The van der Waals surface area contributed by atoms with Gasteiger partial charge < -0.3 is 10.1 Å². The van der Waals surface area contributed by atoms with E-state index in [9.17, 15) is 4.79 Å². The second-order valence-corrected chi connectivity index (χ2v) is 3.01. The Hall–Kier alpha value is -1.26. The van der Waals surface area contributed by atoms with E-state index in [0.717, 1.165) is 0 Å². The van der Waals surface area contributed by atoms with Crippen molar-refractivity contribution in [1.29, 1.82) is 0 Å². The Morgan fingerprint density at radius 3 is 3.14 bits per heavy atom. The topological polar surface area (TPSA) is 77.2 Å². The summed E-state index contributed by atoms with van der Waals surface area (Å²) in [7, 11) is 1.56. The quantitative estimate of drug-likeness (QED) is 0.391. The maximum absolute atomic E-state index is 11.3. The molecule has 0 aromatic heterocycles. The number of nitrogens with one attached hydrogen (secondary N) is 1. The lowest BCUT2D eigenvalue weighted by Crippen LogP contribution is -2.32. The van der Waals surface area contributed by atoms with Gasteiger partial charge in [0.15, 0.2) is 0 Å². The molecule has 0 aromatic carbocycles. The van der Waals surface area contributed by atoms with E-state index < -0.39 is 0 Å². The van der Waals surface area contributed by atoms with E-state index in [1.54, 1.807) is 14.0 Å². The van der Waals surface area contributed by atoms with Crippen molar-refractivity contribution in [3.63, 3.8) is 0 Å². The zero-order chi connectivity index (χ0) is 10.4. The van der Waals surface area contributed by atoms with Crippen LogP contribution in [0.5, 0.6) is 0 Å². The molecule has 1 heterocycles. The number of hydrogen-bond donors (Lipinski definition) is 1. The van der Waals surface area contributed by atoms with Crippen molar-refractivity contribution in [2.24, 2.45) is 10.2 Å². The predicted octanol–water partition coefficient (Wildman–Crippen LogP) is -0.119. The third-order valence-corrected chi connectivity index (χ3v) is 1.98. The summed E-state index contributed by atoms with van der Waals surface area (Å²) in [6, 6.07) is -0.205. The van der Waals surface area contributed by atoms with Crippen molar-refractivity contribution in [1.82, 2.24) is 10.2 Å². The van der Waals surface area contributed by atoms with Crippen LogP contribution < -0.4 is 10.2 Å². The monoisotopic (exact) mass is 199 g/mol. The average molecular weight is 199 g/mol. The molecule has 6 nitrogen and oxygen atoms in total. The van der Waals surface area contributed by atoms with Gasteiger partial charge in [-0.3, -0.25) is 4.79 Å². The van der Waals surface area contributed by atoms with E-state index in [1.165, 1.54) is 0 Å². The Morgan fingerprint density at radius 1 is 1.71 bits per heavy atom. The molecule has 14 heavy (non-hydrogen) atoms. The summed E-state index contributed by atoms with van der Waals surface area (Å²) >= 11 is 0. The molecule has 0 aliphatic carbocycles.